The van der Waals surface area contributed by atoms with Gasteiger partial charge in [-0.15, -0.1) is 0 Å². The van der Waals surface area contributed by atoms with Crippen LogP contribution in [0.1, 0.15) is 40.0 Å². The molecule has 16 heavy (non-hydrogen) atoms. The van der Waals surface area contributed by atoms with Crippen molar-refractivity contribution in [2.75, 3.05) is 6.54 Å². The first-order valence-corrected chi connectivity index (χ1v) is 5.46. The van der Waals surface area contributed by atoms with Crippen molar-refractivity contribution < 1.29 is 14.3 Å². The minimum atomic E-state index is -0.610. The summed E-state index contributed by atoms with van der Waals surface area (Å²) < 4.78 is 5.02. The van der Waals surface area contributed by atoms with Crippen molar-refractivity contribution in [3.63, 3.8) is 0 Å². The summed E-state index contributed by atoms with van der Waals surface area (Å²) in [7, 11) is 0. The number of carbonyl (C=O) groups excluding carboxylic acids is 2. The van der Waals surface area contributed by atoms with Gasteiger partial charge >= 0.3 is 6.09 Å². The average molecular weight is 229 g/mol. The first kappa shape index (κ1) is 14.9. The van der Waals surface area contributed by atoms with E-state index < -0.39 is 17.7 Å². The van der Waals surface area contributed by atoms with E-state index in [1.165, 1.54) is 0 Å². The van der Waals surface area contributed by atoms with E-state index in [-0.39, 0.29) is 0 Å². The van der Waals surface area contributed by atoms with Gasteiger partial charge < -0.3 is 15.8 Å². The molecular weight excluding hydrogens is 208 g/mol. The minimum absolute atomic E-state index is 0.542. The van der Waals surface area contributed by atoms with E-state index >= 15 is 0 Å². The van der Waals surface area contributed by atoms with Crippen LogP contribution in [0.15, 0.2) is 0 Å². The summed E-state index contributed by atoms with van der Waals surface area (Å²) in [4.78, 5) is 21.9. The first-order chi connectivity index (χ1) is 7.39. The lowest BCUT2D eigenvalue weighted by Gasteiger charge is -2.21. The highest BCUT2D eigenvalue weighted by Gasteiger charge is 2.19. The maximum Gasteiger partial charge on any atom is 0.408 e. The molecule has 0 spiro atoms. The van der Waals surface area contributed by atoms with E-state index in [0.717, 1.165) is 12.8 Å². The van der Waals surface area contributed by atoms with Gasteiger partial charge in [0.2, 0.25) is 6.29 Å². The Morgan fingerprint density at radius 1 is 1.44 bits per heavy atom. The molecule has 0 rings (SSSR count). The van der Waals surface area contributed by atoms with E-state index in [2.05, 4.69) is 5.32 Å². The van der Waals surface area contributed by atoms with Crippen LogP contribution in [0.25, 0.3) is 0 Å². The van der Waals surface area contributed by atoms with Crippen molar-refractivity contribution in [3.05, 3.63) is 0 Å². The number of rotatable bonds is 6. The Morgan fingerprint density at radius 2 is 2.06 bits per heavy atom. The maximum absolute atomic E-state index is 11.3. The van der Waals surface area contributed by atoms with Crippen LogP contribution >= 0.6 is 0 Å². The smallest absolute Gasteiger partial charge is 0.408 e. The van der Waals surface area contributed by atoms with Crippen molar-refractivity contribution >= 4 is 12.4 Å². The van der Waals surface area contributed by atoms with Gasteiger partial charge in [-0.1, -0.05) is 0 Å². The Labute approximate surface area is 96.7 Å². The standard InChI is InChI=1S/C11H21N2O3/c1-11(2,3)16-10(15)13-9(8-14)6-4-5-7-12/h9H,4-7,12H2,1-3H3,(H,13,15). The fraction of sp³-hybridized carbons (Fsp3) is 0.818. The van der Waals surface area contributed by atoms with Crippen molar-refractivity contribution in [3.8, 4) is 0 Å². The molecule has 0 aromatic rings. The van der Waals surface area contributed by atoms with Crippen LogP contribution in [0.5, 0.6) is 0 Å². The Kier molecular flexibility index (Phi) is 6.72. The molecule has 5 heteroatoms. The van der Waals surface area contributed by atoms with Crippen LogP contribution < -0.4 is 11.1 Å². The highest BCUT2D eigenvalue weighted by molar-refractivity contribution is 5.73. The van der Waals surface area contributed by atoms with Crippen LogP contribution in [0.2, 0.25) is 0 Å². The third kappa shape index (κ3) is 8.23. The van der Waals surface area contributed by atoms with Gasteiger partial charge in [-0.05, 0) is 46.6 Å². The van der Waals surface area contributed by atoms with Gasteiger partial charge in [-0.3, -0.25) is 4.79 Å². The van der Waals surface area contributed by atoms with Gasteiger partial charge in [0.1, 0.15) is 5.60 Å². The lowest BCUT2D eigenvalue weighted by molar-refractivity contribution is 0.0515. The number of amides is 1. The van der Waals surface area contributed by atoms with Crippen LogP contribution in [0, 0.1) is 0 Å². The summed E-state index contributed by atoms with van der Waals surface area (Å²) in [6, 6.07) is -0.610. The Hall–Kier alpha value is -1.10. The number of nitrogens with one attached hydrogen (secondary N) is 1. The number of hydrogen-bond donors (Lipinski definition) is 2. The molecule has 0 heterocycles. The first-order valence-electron chi connectivity index (χ1n) is 5.46. The number of hydrogen-bond acceptors (Lipinski definition) is 4. The van der Waals surface area contributed by atoms with Crippen molar-refractivity contribution in [1.82, 2.24) is 5.32 Å². The molecule has 0 aromatic heterocycles. The van der Waals surface area contributed by atoms with E-state index in [0.29, 0.717) is 13.0 Å². The fourth-order valence-electron chi connectivity index (χ4n) is 1.10. The SMILES string of the molecule is CC(C)(C)OC(=O)NC([C]=O)CCCCN. The molecule has 0 fully saturated rings. The summed E-state index contributed by atoms with van der Waals surface area (Å²) in [6.45, 7) is 5.87. The van der Waals surface area contributed by atoms with Gasteiger partial charge in [-0.25, -0.2) is 4.79 Å². The zero-order valence-corrected chi connectivity index (χ0v) is 10.2. The zero-order chi connectivity index (χ0) is 12.6. The van der Waals surface area contributed by atoms with Gasteiger partial charge in [0.15, 0.2) is 0 Å². The Balaban J connectivity index is 3.92. The molecule has 3 N–H and O–H groups in total. The molecule has 5 nitrogen and oxygen atoms in total. The topological polar surface area (TPSA) is 81.4 Å². The number of carbonyl (C=O) groups is 1. The van der Waals surface area contributed by atoms with E-state index in [9.17, 15) is 9.59 Å². The molecule has 0 saturated carbocycles. The highest BCUT2D eigenvalue weighted by Crippen LogP contribution is 2.07. The van der Waals surface area contributed by atoms with Crippen LogP contribution in [0.4, 0.5) is 4.79 Å². The summed E-state index contributed by atoms with van der Waals surface area (Å²) >= 11 is 0. The monoisotopic (exact) mass is 229 g/mol. The Bertz CT molecular complexity index is 224. The fourth-order valence-corrected chi connectivity index (χ4v) is 1.10. The summed E-state index contributed by atoms with van der Waals surface area (Å²) in [5, 5.41) is 2.46. The predicted octanol–water partition coefficient (Wildman–Crippen LogP) is 1.12. The van der Waals surface area contributed by atoms with E-state index in [4.69, 9.17) is 10.5 Å². The normalized spacial score (nSPS) is 13.0. The van der Waals surface area contributed by atoms with Crippen molar-refractivity contribution in [1.29, 1.82) is 0 Å². The van der Waals surface area contributed by atoms with Gasteiger partial charge in [0.25, 0.3) is 0 Å². The number of alkyl carbamates (subject to hydrolysis) is 1. The zero-order valence-electron chi connectivity index (χ0n) is 10.2. The van der Waals surface area contributed by atoms with E-state index in [1.54, 1.807) is 27.1 Å². The predicted molar refractivity (Wildman–Crippen MR) is 61.8 cm³/mol. The third-order valence-corrected chi connectivity index (χ3v) is 1.78. The third-order valence-electron chi connectivity index (χ3n) is 1.78. The van der Waals surface area contributed by atoms with Crippen molar-refractivity contribution in [2.24, 2.45) is 5.73 Å². The van der Waals surface area contributed by atoms with Crippen LogP contribution in [0.3, 0.4) is 0 Å². The maximum atomic E-state index is 11.3. The molecular formula is C11H21N2O3. The molecule has 1 unspecified atom stereocenters. The van der Waals surface area contributed by atoms with E-state index in [1.807, 2.05) is 0 Å². The summed E-state index contributed by atoms with van der Waals surface area (Å²) in [5.41, 5.74) is 4.77. The average Bonchev–Trinajstić information content (AvgIpc) is 2.13. The second-order valence-corrected chi connectivity index (χ2v) is 4.60. The second-order valence-electron chi connectivity index (χ2n) is 4.60. The molecule has 0 aliphatic rings. The minimum Gasteiger partial charge on any atom is -0.444 e. The number of nitrogens with two attached hydrogens (primary N) is 1. The van der Waals surface area contributed by atoms with Crippen LogP contribution in [-0.4, -0.2) is 30.6 Å². The molecule has 0 bridgehead atoms. The van der Waals surface area contributed by atoms with Gasteiger partial charge in [0.05, 0.1) is 6.04 Å². The Morgan fingerprint density at radius 3 is 2.50 bits per heavy atom. The lowest BCUT2D eigenvalue weighted by atomic mass is 10.1. The second kappa shape index (κ2) is 7.22. The molecule has 93 valence electrons. The summed E-state index contributed by atoms with van der Waals surface area (Å²) in [5.74, 6) is 0. The molecule has 0 aliphatic heterocycles. The number of ether oxygens (including phenoxy) is 1. The molecule has 1 radical (unpaired) electrons. The lowest BCUT2D eigenvalue weighted by Crippen LogP contribution is -2.40. The molecule has 0 aromatic carbocycles. The molecule has 0 saturated heterocycles. The highest BCUT2D eigenvalue weighted by atomic mass is 16.6. The largest absolute Gasteiger partial charge is 0.444 e. The quantitative estimate of drug-likeness (QED) is 0.669. The summed E-state index contributed by atoms with van der Waals surface area (Å²) in [6.07, 6.45) is 3.34. The van der Waals surface area contributed by atoms with Crippen LogP contribution in [-0.2, 0) is 9.53 Å². The molecule has 1 amide bonds. The molecule has 1 atom stereocenters. The van der Waals surface area contributed by atoms with Gasteiger partial charge in [0, 0.05) is 0 Å². The molecule has 0 aliphatic carbocycles. The number of unbranched alkanes of at least 4 members (excludes halogenated alkanes) is 1. The van der Waals surface area contributed by atoms with Crippen molar-refractivity contribution in [2.45, 2.75) is 51.7 Å². The van der Waals surface area contributed by atoms with Gasteiger partial charge in [-0.2, -0.15) is 0 Å².